The summed E-state index contributed by atoms with van der Waals surface area (Å²) < 4.78 is 1.60. The number of carboxylic acid groups (broad SMARTS) is 1. The third-order valence-electron chi connectivity index (χ3n) is 3.85. The summed E-state index contributed by atoms with van der Waals surface area (Å²) in [7, 11) is 1.75. The smallest absolute Gasteiger partial charge is 0.308 e. The maximum Gasteiger partial charge on any atom is 0.308 e. The Kier molecular flexibility index (Phi) is 4.34. The van der Waals surface area contributed by atoms with E-state index in [0.29, 0.717) is 5.69 Å². The molecule has 1 aliphatic rings. The van der Waals surface area contributed by atoms with Gasteiger partial charge in [0.25, 0.3) is 5.91 Å². The fraction of sp³-hybridized carbons (Fsp3) is 0.667. The maximum atomic E-state index is 12.7. The van der Waals surface area contributed by atoms with E-state index in [1.807, 2.05) is 19.9 Å². The molecule has 116 valence electrons. The van der Waals surface area contributed by atoms with Crippen molar-refractivity contribution in [2.24, 2.45) is 13.0 Å². The van der Waals surface area contributed by atoms with Gasteiger partial charge in [0.2, 0.25) is 0 Å². The minimum Gasteiger partial charge on any atom is -0.481 e. The highest BCUT2D eigenvalue weighted by Gasteiger charge is 2.36. The molecule has 0 aliphatic heterocycles. The van der Waals surface area contributed by atoms with Gasteiger partial charge in [0.1, 0.15) is 5.69 Å². The van der Waals surface area contributed by atoms with Gasteiger partial charge in [-0.25, -0.2) is 0 Å². The van der Waals surface area contributed by atoms with Gasteiger partial charge in [-0.15, -0.1) is 0 Å². The quantitative estimate of drug-likeness (QED) is 0.868. The van der Waals surface area contributed by atoms with Gasteiger partial charge in [-0.1, -0.05) is 20.8 Å². The molecule has 0 saturated heterocycles. The van der Waals surface area contributed by atoms with Gasteiger partial charge in [-0.3, -0.25) is 14.3 Å². The second-order valence-electron chi connectivity index (χ2n) is 6.16. The molecular weight excluding hydrogens is 270 g/mol. The Morgan fingerprint density at radius 2 is 2.05 bits per heavy atom. The number of hydrogen-bond acceptors (Lipinski definition) is 3. The average molecular weight is 293 g/mol. The van der Waals surface area contributed by atoms with Crippen molar-refractivity contribution >= 4 is 11.9 Å². The van der Waals surface area contributed by atoms with Crippen LogP contribution in [0.1, 0.15) is 55.7 Å². The fourth-order valence-electron chi connectivity index (χ4n) is 2.28. The molecule has 1 aromatic rings. The molecular formula is C15H23N3O3. The molecule has 0 unspecified atom stereocenters. The van der Waals surface area contributed by atoms with Crippen LogP contribution in [0.25, 0.3) is 0 Å². The van der Waals surface area contributed by atoms with E-state index in [1.165, 1.54) is 0 Å². The van der Waals surface area contributed by atoms with E-state index in [-0.39, 0.29) is 24.4 Å². The van der Waals surface area contributed by atoms with Crippen molar-refractivity contribution in [3.63, 3.8) is 0 Å². The van der Waals surface area contributed by atoms with Crippen molar-refractivity contribution in [2.75, 3.05) is 6.54 Å². The Morgan fingerprint density at radius 1 is 1.43 bits per heavy atom. The van der Waals surface area contributed by atoms with Crippen molar-refractivity contribution < 1.29 is 14.7 Å². The lowest BCUT2D eigenvalue weighted by Crippen LogP contribution is -2.39. The number of rotatable bonds is 6. The van der Waals surface area contributed by atoms with E-state index >= 15 is 0 Å². The van der Waals surface area contributed by atoms with Crippen LogP contribution in [0.3, 0.4) is 0 Å². The molecule has 0 aromatic carbocycles. The molecule has 0 radical (unpaired) electrons. The first-order chi connectivity index (χ1) is 9.81. The van der Waals surface area contributed by atoms with E-state index in [0.717, 1.165) is 18.5 Å². The molecule has 2 rings (SSSR count). The number of amides is 1. The Morgan fingerprint density at radius 3 is 2.48 bits per heavy atom. The van der Waals surface area contributed by atoms with Gasteiger partial charge in [-0.2, -0.15) is 5.10 Å². The summed E-state index contributed by atoms with van der Waals surface area (Å²) in [5.74, 6) is -1.30. The second kappa shape index (κ2) is 5.87. The maximum absolute atomic E-state index is 12.7. The lowest BCUT2D eigenvalue weighted by molar-refractivity contribution is -0.141. The van der Waals surface area contributed by atoms with Crippen LogP contribution in [0.5, 0.6) is 0 Å². The average Bonchev–Trinajstić information content (AvgIpc) is 3.16. The molecule has 0 spiro atoms. The van der Waals surface area contributed by atoms with Crippen molar-refractivity contribution in [3.8, 4) is 0 Å². The van der Waals surface area contributed by atoms with Gasteiger partial charge in [0, 0.05) is 19.6 Å². The molecule has 1 fully saturated rings. The number of carboxylic acids is 1. The summed E-state index contributed by atoms with van der Waals surface area (Å²) in [6.07, 6.45) is 1.90. The predicted molar refractivity (Wildman–Crippen MR) is 78.2 cm³/mol. The number of hydrogen-bond donors (Lipinski definition) is 1. The number of carbonyl (C=O) groups excluding carboxylic acids is 1. The number of aliphatic carboxylic acids is 1. The predicted octanol–water partition coefficient (Wildman–Crippen LogP) is 1.87. The summed E-state index contributed by atoms with van der Waals surface area (Å²) in [5.41, 5.74) is 1.41. The van der Waals surface area contributed by atoms with Gasteiger partial charge in [0.15, 0.2) is 0 Å². The van der Waals surface area contributed by atoms with Crippen molar-refractivity contribution in [1.29, 1.82) is 0 Å². The van der Waals surface area contributed by atoms with Crippen LogP contribution in [0, 0.1) is 5.92 Å². The first kappa shape index (κ1) is 15.5. The number of nitrogens with zero attached hydrogens (tertiary/aromatic N) is 3. The van der Waals surface area contributed by atoms with E-state index in [9.17, 15) is 9.59 Å². The molecule has 6 heteroatoms. The summed E-state index contributed by atoms with van der Waals surface area (Å²) in [4.78, 5) is 25.4. The zero-order valence-corrected chi connectivity index (χ0v) is 13.0. The highest BCUT2D eigenvalue weighted by atomic mass is 16.4. The third-order valence-corrected chi connectivity index (χ3v) is 3.85. The van der Waals surface area contributed by atoms with Crippen molar-refractivity contribution in [1.82, 2.24) is 14.7 Å². The molecule has 6 nitrogen and oxygen atoms in total. The molecule has 1 aromatic heterocycles. The molecule has 1 saturated carbocycles. The topological polar surface area (TPSA) is 75.4 Å². The summed E-state index contributed by atoms with van der Waals surface area (Å²) in [6.45, 7) is 5.94. The normalized spacial score (nSPS) is 16.0. The monoisotopic (exact) mass is 293 g/mol. The fourth-order valence-corrected chi connectivity index (χ4v) is 2.28. The standard InChI is InChI=1S/C15H23N3O3/c1-9(2)12-7-13(17(4)16-12)14(19)18(11-5-6-11)8-10(3)15(20)21/h7,9-11H,5-6,8H2,1-4H3,(H,20,21)/t10-/m1/s1. The van der Waals surface area contributed by atoms with Gasteiger partial charge in [0.05, 0.1) is 11.6 Å². The molecule has 1 N–H and O–H groups in total. The number of aromatic nitrogens is 2. The zero-order valence-electron chi connectivity index (χ0n) is 13.0. The molecule has 1 heterocycles. The van der Waals surface area contributed by atoms with Crippen LogP contribution in [0.4, 0.5) is 0 Å². The van der Waals surface area contributed by atoms with E-state index in [1.54, 1.807) is 23.6 Å². The Hall–Kier alpha value is -1.85. The Balaban J connectivity index is 2.20. The van der Waals surface area contributed by atoms with Gasteiger partial charge >= 0.3 is 5.97 Å². The summed E-state index contributed by atoms with van der Waals surface area (Å²) in [5, 5.41) is 13.4. The second-order valence-corrected chi connectivity index (χ2v) is 6.16. The minimum atomic E-state index is -0.874. The van der Waals surface area contributed by atoms with E-state index in [2.05, 4.69) is 5.10 Å². The van der Waals surface area contributed by atoms with Gasteiger partial charge < -0.3 is 10.0 Å². The molecule has 1 amide bonds. The van der Waals surface area contributed by atoms with Crippen LogP contribution in [0.15, 0.2) is 6.07 Å². The van der Waals surface area contributed by atoms with Crippen LogP contribution < -0.4 is 0 Å². The highest BCUT2D eigenvalue weighted by molar-refractivity contribution is 5.93. The SMILES string of the molecule is CC(C)c1cc(C(=O)N(C[C@@H](C)C(=O)O)C2CC2)n(C)n1. The largest absolute Gasteiger partial charge is 0.481 e. The highest BCUT2D eigenvalue weighted by Crippen LogP contribution is 2.29. The van der Waals surface area contributed by atoms with Crippen LogP contribution in [-0.2, 0) is 11.8 Å². The third kappa shape index (κ3) is 3.43. The Bertz CT molecular complexity index is 546. The van der Waals surface area contributed by atoms with Crippen LogP contribution >= 0.6 is 0 Å². The van der Waals surface area contributed by atoms with Crippen LogP contribution in [-0.4, -0.2) is 44.3 Å². The molecule has 1 atom stereocenters. The van der Waals surface area contributed by atoms with Crippen LogP contribution in [0.2, 0.25) is 0 Å². The van der Waals surface area contributed by atoms with E-state index < -0.39 is 11.9 Å². The summed E-state index contributed by atoms with van der Waals surface area (Å²) >= 11 is 0. The lowest BCUT2D eigenvalue weighted by atomic mass is 10.1. The molecule has 1 aliphatic carbocycles. The zero-order chi connectivity index (χ0) is 15.7. The molecule has 0 bridgehead atoms. The van der Waals surface area contributed by atoms with Crippen molar-refractivity contribution in [2.45, 2.75) is 45.6 Å². The van der Waals surface area contributed by atoms with Crippen molar-refractivity contribution in [3.05, 3.63) is 17.5 Å². The van der Waals surface area contributed by atoms with Gasteiger partial charge in [-0.05, 0) is 24.8 Å². The van der Waals surface area contributed by atoms with E-state index in [4.69, 9.17) is 5.11 Å². The number of carbonyl (C=O) groups is 2. The lowest BCUT2D eigenvalue weighted by Gasteiger charge is -2.24. The minimum absolute atomic E-state index is 0.118. The first-order valence-corrected chi connectivity index (χ1v) is 7.39. The Labute approximate surface area is 124 Å². The summed E-state index contributed by atoms with van der Waals surface area (Å²) in [6, 6.07) is 1.99. The number of aryl methyl sites for hydroxylation is 1. The molecule has 21 heavy (non-hydrogen) atoms. The first-order valence-electron chi connectivity index (χ1n) is 7.39.